The number of nitrogens with zero attached hydrogens (tertiary/aromatic N) is 2. The monoisotopic (exact) mass is 486 g/mol. The molecule has 0 amide bonds. The van der Waals surface area contributed by atoms with Crippen molar-refractivity contribution in [2.75, 3.05) is 18.9 Å². The molecular formula is C25H34N4O2S2. The van der Waals surface area contributed by atoms with Crippen LogP contribution in [0.4, 0.5) is 5.00 Å². The maximum absolute atomic E-state index is 10.7. The summed E-state index contributed by atoms with van der Waals surface area (Å²) in [7, 11) is 0.488. The van der Waals surface area contributed by atoms with Crippen LogP contribution in [0.3, 0.4) is 0 Å². The predicted molar refractivity (Wildman–Crippen MR) is 136 cm³/mol. The van der Waals surface area contributed by atoms with Gasteiger partial charge in [-0.25, -0.2) is 9.35 Å². The number of carbonyl (C=O) groups is 1. The zero-order valence-electron chi connectivity index (χ0n) is 19.5. The van der Waals surface area contributed by atoms with E-state index in [-0.39, 0.29) is 0 Å². The lowest BCUT2D eigenvalue weighted by molar-refractivity contribution is -0.107. The molecule has 0 spiro atoms. The molecule has 2 heterocycles. The zero-order valence-corrected chi connectivity index (χ0v) is 21.1. The van der Waals surface area contributed by atoms with Crippen LogP contribution in [0, 0.1) is 17.2 Å². The van der Waals surface area contributed by atoms with Crippen LogP contribution in [-0.4, -0.2) is 35.0 Å². The SMILES string of the molecule is CNc1sc2c(c1C#N)CN(C(C)C1CCCCC1)CC2.NS(=O)c1ccc(CC=O)cc1. The average molecular weight is 487 g/mol. The molecule has 1 fully saturated rings. The van der Waals surface area contributed by atoms with E-state index in [0.29, 0.717) is 17.4 Å². The minimum Gasteiger partial charge on any atom is -0.379 e. The molecule has 8 heteroatoms. The van der Waals surface area contributed by atoms with E-state index in [1.54, 1.807) is 35.6 Å². The highest BCUT2D eigenvalue weighted by atomic mass is 32.2. The fourth-order valence-electron chi connectivity index (χ4n) is 4.82. The Morgan fingerprint density at radius 3 is 2.58 bits per heavy atom. The first-order valence-electron chi connectivity index (χ1n) is 11.6. The molecule has 2 aliphatic rings. The Morgan fingerprint density at radius 1 is 1.30 bits per heavy atom. The number of rotatable bonds is 6. The smallest absolute Gasteiger partial charge is 0.124 e. The number of benzene rings is 1. The highest BCUT2D eigenvalue weighted by Crippen LogP contribution is 2.38. The second kappa shape index (κ2) is 12.4. The molecule has 6 nitrogen and oxygen atoms in total. The second-order valence-corrected chi connectivity index (χ2v) is 10.9. The van der Waals surface area contributed by atoms with Crippen LogP contribution in [0.25, 0.3) is 0 Å². The van der Waals surface area contributed by atoms with Crippen molar-refractivity contribution in [3.63, 3.8) is 0 Å². The topological polar surface area (TPSA) is 99.2 Å². The number of nitriles is 1. The van der Waals surface area contributed by atoms with Gasteiger partial charge in [-0.3, -0.25) is 4.90 Å². The van der Waals surface area contributed by atoms with Crippen molar-refractivity contribution < 1.29 is 9.00 Å². The molecular weight excluding hydrogens is 452 g/mol. The number of anilines is 1. The summed E-state index contributed by atoms with van der Waals surface area (Å²) in [5.41, 5.74) is 3.08. The number of fused-ring (bicyclic) bond motifs is 1. The first-order chi connectivity index (χ1) is 16.0. The normalized spacial score (nSPS) is 18.2. The van der Waals surface area contributed by atoms with Gasteiger partial charge in [0.1, 0.15) is 28.3 Å². The molecule has 2 aromatic rings. The lowest BCUT2D eigenvalue weighted by atomic mass is 9.83. The quantitative estimate of drug-likeness (QED) is 0.590. The highest BCUT2D eigenvalue weighted by molar-refractivity contribution is 7.82. The first kappa shape index (κ1) is 25.6. The minimum absolute atomic E-state index is 0.386. The van der Waals surface area contributed by atoms with Crippen molar-refractivity contribution in [3.8, 4) is 6.07 Å². The minimum atomic E-state index is -1.43. The summed E-state index contributed by atoms with van der Waals surface area (Å²) in [5.74, 6) is 0.855. The predicted octanol–water partition coefficient (Wildman–Crippen LogP) is 4.40. The molecule has 1 aromatic carbocycles. The van der Waals surface area contributed by atoms with Gasteiger partial charge in [0.2, 0.25) is 0 Å². The standard InChI is InChI=1S/C17H25N3S.C8H9NO2S/c1-12(13-6-4-3-5-7-13)20-9-8-16-15(11-20)14(10-18)17(19-2)21-16;9-12(11)8-3-1-7(2-4-8)5-6-10/h12-13,19H,3-9,11H2,1-2H3;1-4,6H,5,9H2. The van der Waals surface area contributed by atoms with Gasteiger partial charge in [0.05, 0.1) is 10.5 Å². The summed E-state index contributed by atoms with van der Waals surface area (Å²) < 4.78 is 10.7. The molecule has 1 aliphatic carbocycles. The van der Waals surface area contributed by atoms with E-state index in [2.05, 4.69) is 23.2 Å². The van der Waals surface area contributed by atoms with Gasteiger partial charge in [0.15, 0.2) is 0 Å². The number of nitrogens with one attached hydrogen (secondary N) is 1. The van der Waals surface area contributed by atoms with Gasteiger partial charge in [0.25, 0.3) is 0 Å². The molecule has 1 saturated carbocycles. The highest BCUT2D eigenvalue weighted by Gasteiger charge is 2.30. The van der Waals surface area contributed by atoms with Gasteiger partial charge in [-0.1, -0.05) is 31.4 Å². The second-order valence-electron chi connectivity index (χ2n) is 8.74. The van der Waals surface area contributed by atoms with Crippen molar-refractivity contribution in [1.29, 1.82) is 5.26 Å². The Bertz CT molecular complexity index is 991. The van der Waals surface area contributed by atoms with Gasteiger partial charge in [-0.2, -0.15) is 5.26 Å². The fraction of sp³-hybridized carbons (Fsp3) is 0.520. The van der Waals surface area contributed by atoms with Crippen LogP contribution in [0.5, 0.6) is 0 Å². The third-order valence-corrected chi connectivity index (χ3v) is 8.85. The molecule has 3 N–H and O–H groups in total. The summed E-state index contributed by atoms with van der Waals surface area (Å²) in [6.07, 6.45) is 9.32. The Hall–Kier alpha value is -2.05. The average Bonchev–Trinajstić information content (AvgIpc) is 3.22. The molecule has 1 aromatic heterocycles. The van der Waals surface area contributed by atoms with Crippen LogP contribution in [0.1, 0.15) is 60.6 Å². The number of carbonyl (C=O) groups excluding carboxylic acids is 1. The van der Waals surface area contributed by atoms with Gasteiger partial charge in [0, 0.05) is 43.0 Å². The van der Waals surface area contributed by atoms with Crippen LogP contribution in [0.15, 0.2) is 29.2 Å². The summed E-state index contributed by atoms with van der Waals surface area (Å²) in [6.45, 7) is 4.52. The van der Waals surface area contributed by atoms with Gasteiger partial charge in [-0.15, -0.1) is 11.3 Å². The Labute approximate surface area is 203 Å². The fourth-order valence-corrected chi connectivity index (χ4v) is 6.33. The molecule has 33 heavy (non-hydrogen) atoms. The molecule has 0 bridgehead atoms. The van der Waals surface area contributed by atoms with Crippen molar-refractivity contribution in [3.05, 3.63) is 45.8 Å². The van der Waals surface area contributed by atoms with Crippen molar-refractivity contribution in [2.24, 2.45) is 11.1 Å². The van der Waals surface area contributed by atoms with E-state index < -0.39 is 11.0 Å². The van der Waals surface area contributed by atoms with E-state index in [1.165, 1.54) is 42.5 Å². The molecule has 2 unspecified atom stereocenters. The van der Waals surface area contributed by atoms with Gasteiger partial charge >= 0.3 is 0 Å². The van der Waals surface area contributed by atoms with Gasteiger partial charge in [-0.05, 0) is 49.8 Å². The number of aldehydes is 1. The molecule has 0 saturated heterocycles. The zero-order chi connectivity index (χ0) is 23.8. The van der Waals surface area contributed by atoms with E-state index in [0.717, 1.165) is 47.8 Å². The Kier molecular flexibility index (Phi) is 9.63. The molecule has 4 rings (SSSR count). The van der Waals surface area contributed by atoms with E-state index in [1.807, 2.05) is 7.05 Å². The van der Waals surface area contributed by atoms with Crippen LogP contribution in [-0.2, 0) is 35.2 Å². The number of thiophene rings is 1. The number of hydrogen-bond donors (Lipinski definition) is 2. The van der Waals surface area contributed by atoms with E-state index in [4.69, 9.17) is 5.14 Å². The molecule has 0 radical (unpaired) electrons. The molecule has 1 aliphatic heterocycles. The third kappa shape index (κ3) is 6.51. The molecule has 2 atom stereocenters. The van der Waals surface area contributed by atoms with E-state index in [9.17, 15) is 14.3 Å². The summed E-state index contributed by atoms with van der Waals surface area (Å²) in [6, 6.07) is 9.88. The first-order valence-corrected chi connectivity index (χ1v) is 13.7. The molecule has 178 valence electrons. The van der Waals surface area contributed by atoms with Crippen LogP contribution in [0.2, 0.25) is 0 Å². The maximum Gasteiger partial charge on any atom is 0.124 e. The number of hydrogen-bond acceptors (Lipinski definition) is 6. The lowest BCUT2D eigenvalue weighted by Gasteiger charge is -2.38. The Balaban J connectivity index is 0.000000218. The summed E-state index contributed by atoms with van der Waals surface area (Å²) in [4.78, 5) is 14.7. The van der Waals surface area contributed by atoms with Crippen LogP contribution >= 0.6 is 11.3 Å². The van der Waals surface area contributed by atoms with E-state index >= 15 is 0 Å². The third-order valence-electron chi connectivity index (χ3n) is 6.80. The largest absolute Gasteiger partial charge is 0.379 e. The lowest BCUT2D eigenvalue weighted by Crippen LogP contribution is -2.42. The number of nitrogens with two attached hydrogens (primary N) is 1. The van der Waals surface area contributed by atoms with Crippen molar-refractivity contribution in [1.82, 2.24) is 4.90 Å². The summed E-state index contributed by atoms with van der Waals surface area (Å²) in [5, 5.41) is 18.8. The summed E-state index contributed by atoms with van der Waals surface area (Å²) >= 11 is 1.78. The van der Waals surface area contributed by atoms with Gasteiger partial charge < -0.3 is 10.1 Å². The Morgan fingerprint density at radius 2 is 2.00 bits per heavy atom. The maximum atomic E-state index is 10.7. The van der Waals surface area contributed by atoms with Crippen molar-refractivity contribution >= 4 is 33.6 Å². The van der Waals surface area contributed by atoms with Crippen LogP contribution < -0.4 is 10.5 Å². The van der Waals surface area contributed by atoms with Crippen molar-refractivity contribution in [2.45, 2.75) is 69.4 Å².